The van der Waals surface area contributed by atoms with Crippen molar-refractivity contribution in [2.24, 2.45) is 0 Å². The van der Waals surface area contributed by atoms with Gasteiger partial charge in [-0.1, -0.05) is 48.5 Å². The van der Waals surface area contributed by atoms with E-state index in [0.29, 0.717) is 17.9 Å². The number of nitrogens with zero attached hydrogens (tertiary/aromatic N) is 2. The number of rotatable bonds is 7. The molecule has 0 aliphatic rings. The molecule has 27 heavy (non-hydrogen) atoms. The molecular weight excluding hydrogens is 376 g/mol. The average Bonchev–Trinajstić information content (AvgIpc) is 3.36. The average molecular weight is 395 g/mol. The molecule has 7 heteroatoms. The molecule has 0 aliphatic heterocycles. The number of benzene rings is 2. The summed E-state index contributed by atoms with van der Waals surface area (Å²) in [6, 6.07) is 22.1. The molecule has 0 bridgehead atoms. The number of nitrogens with one attached hydrogen (secondary N) is 2. The van der Waals surface area contributed by atoms with Crippen LogP contribution in [0.15, 0.2) is 72.1 Å². The molecule has 0 saturated carbocycles. The third-order valence-corrected chi connectivity index (χ3v) is 5.15. The van der Waals surface area contributed by atoms with Gasteiger partial charge in [0, 0.05) is 10.4 Å². The van der Waals surface area contributed by atoms with E-state index >= 15 is 0 Å². The van der Waals surface area contributed by atoms with E-state index in [4.69, 9.17) is 17.0 Å². The summed E-state index contributed by atoms with van der Waals surface area (Å²) in [5.74, 6) is 1.62. The Morgan fingerprint density at radius 3 is 2.59 bits per heavy atom. The van der Waals surface area contributed by atoms with Crippen LogP contribution in [0.25, 0.3) is 11.4 Å². The van der Waals surface area contributed by atoms with Crippen molar-refractivity contribution in [2.45, 2.75) is 13.2 Å². The van der Waals surface area contributed by atoms with E-state index in [1.165, 1.54) is 4.88 Å². The quantitative estimate of drug-likeness (QED) is 0.434. The van der Waals surface area contributed by atoms with Gasteiger partial charge in [0.05, 0.1) is 6.54 Å². The molecule has 0 amide bonds. The van der Waals surface area contributed by atoms with Gasteiger partial charge >= 0.3 is 0 Å². The molecule has 0 atom stereocenters. The first kappa shape index (κ1) is 17.5. The van der Waals surface area contributed by atoms with Gasteiger partial charge in [0.15, 0.2) is 5.82 Å². The highest BCUT2D eigenvalue weighted by Crippen LogP contribution is 2.18. The molecule has 136 valence electrons. The number of aromatic amines is 1. The van der Waals surface area contributed by atoms with Gasteiger partial charge in [0.2, 0.25) is 4.77 Å². The first-order valence-electron chi connectivity index (χ1n) is 8.50. The van der Waals surface area contributed by atoms with E-state index in [9.17, 15) is 0 Å². The molecule has 2 N–H and O–H groups in total. The van der Waals surface area contributed by atoms with Crippen molar-refractivity contribution in [3.63, 3.8) is 0 Å². The lowest BCUT2D eigenvalue weighted by Crippen LogP contribution is -2.15. The molecule has 0 fully saturated rings. The molecule has 0 aliphatic carbocycles. The number of aromatic nitrogens is 3. The highest BCUT2D eigenvalue weighted by molar-refractivity contribution is 7.71. The van der Waals surface area contributed by atoms with Crippen molar-refractivity contribution in [3.8, 4) is 17.1 Å². The number of hydrogen-bond donors (Lipinski definition) is 2. The minimum atomic E-state index is 0.532. The summed E-state index contributed by atoms with van der Waals surface area (Å²) in [6.07, 6.45) is 0. The molecule has 2 heterocycles. The van der Waals surface area contributed by atoms with Gasteiger partial charge in [-0.3, -0.25) is 0 Å². The Hall–Kier alpha value is -2.90. The largest absolute Gasteiger partial charge is 0.488 e. The Morgan fingerprint density at radius 2 is 1.85 bits per heavy atom. The zero-order valence-corrected chi connectivity index (χ0v) is 16.1. The second-order valence-electron chi connectivity index (χ2n) is 5.90. The molecule has 2 aromatic carbocycles. The van der Waals surface area contributed by atoms with Crippen LogP contribution >= 0.6 is 23.6 Å². The number of ether oxygens (including phenoxy) is 1. The smallest absolute Gasteiger partial charge is 0.214 e. The summed E-state index contributed by atoms with van der Waals surface area (Å²) in [5, 5.41) is 9.22. The third kappa shape index (κ3) is 4.27. The van der Waals surface area contributed by atoms with E-state index in [-0.39, 0.29) is 0 Å². The second kappa shape index (κ2) is 8.20. The van der Waals surface area contributed by atoms with Crippen LogP contribution in [0.4, 0.5) is 0 Å². The summed E-state index contributed by atoms with van der Waals surface area (Å²) < 4.78 is 8.13. The van der Waals surface area contributed by atoms with Crippen LogP contribution in [-0.2, 0) is 13.2 Å². The normalized spacial score (nSPS) is 10.7. The Morgan fingerprint density at radius 1 is 1.04 bits per heavy atom. The predicted octanol–water partition coefficient (Wildman–Crippen LogP) is 4.99. The van der Waals surface area contributed by atoms with Gasteiger partial charge < -0.3 is 10.2 Å². The van der Waals surface area contributed by atoms with E-state index in [1.54, 1.807) is 16.0 Å². The van der Waals surface area contributed by atoms with Crippen LogP contribution in [0, 0.1) is 4.77 Å². The summed E-state index contributed by atoms with van der Waals surface area (Å²) >= 11 is 7.04. The van der Waals surface area contributed by atoms with Gasteiger partial charge in [-0.15, -0.1) is 11.3 Å². The Balaban J connectivity index is 1.41. The van der Waals surface area contributed by atoms with Crippen LogP contribution in [0.5, 0.6) is 5.75 Å². The topological polar surface area (TPSA) is 54.9 Å². The Kier molecular flexibility index (Phi) is 5.32. The Bertz CT molecular complexity index is 1040. The molecule has 0 unspecified atom stereocenters. The minimum absolute atomic E-state index is 0.532. The molecule has 0 spiro atoms. The first-order valence-corrected chi connectivity index (χ1v) is 9.79. The molecule has 5 nitrogen and oxygen atoms in total. The maximum absolute atomic E-state index is 5.80. The summed E-state index contributed by atoms with van der Waals surface area (Å²) in [6.45, 7) is 1.22. The van der Waals surface area contributed by atoms with Crippen LogP contribution in [-0.4, -0.2) is 14.9 Å². The summed E-state index contributed by atoms with van der Waals surface area (Å²) in [7, 11) is 0. The minimum Gasteiger partial charge on any atom is -0.488 e. The van der Waals surface area contributed by atoms with Crippen molar-refractivity contribution >= 4 is 23.6 Å². The second-order valence-corrected chi connectivity index (χ2v) is 7.32. The fraction of sp³-hybridized carbons (Fsp3) is 0.100. The highest BCUT2D eigenvalue weighted by Gasteiger charge is 2.08. The lowest BCUT2D eigenvalue weighted by Gasteiger charge is -2.11. The van der Waals surface area contributed by atoms with Crippen LogP contribution < -0.4 is 10.2 Å². The highest BCUT2D eigenvalue weighted by atomic mass is 32.1. The Labute approximate surface area is 166 Å². The standard InChI is InChI=1S/C20H18N4OS2/c26-20-23-22-19(16-5-2-1-3-6-16)24(20)21-13-15-8-10-17(11-9-15)25-14-18-7-4-12-27-18/h1-12,21H,13-14H2,(H,23,26). The molecular formula is C20H18N4OS2. The molecule has 0 radical (unpaired) electrons. The number of thiophene rings is 1. The summed E-state index contributed by atoms with van der Waals surface area (Å²) in [5.41, 5.74) is 5.45. The van der Waals surface area contributed by atoms with Gasteiger partial charge in [0.25, 0.3) is 0 Å². The van der Waals surface area contributed by atoms with E-state index in [0.717, 1.165) is 22.7 Å². The monoisotopic (exact) mass is 394 g/mol. The molecule has 4 aromatic rings. The maximum atomic E-state index is 5.80. The van der Waals surface area contributed by atoms with Crippen LogP contribution in [0.2, 0.25) is 0 Å². The van der Waals surface area contributed by atoms with Gasteiger partial charge in [0.1, 0.15) is 12.4 Å². The van der Waals surface area contributed by atoms with Gasteiger partial charge in [-0.2, -0.15) is 5.10 Å². The van der Waals surface area contributed by atoms with Gasteiger partial charge in [-0.05, 0) is 41.4 Å². The molecule has 0 saturated heterocycles. The van der Waals surface area contributed by atoms with Crippen molar-refractivity contribution in [2.75, 3.05) is 5.43 Å². The van der Waals surface area contributed by atoms with Crippen LogP contribution in [0.3, 0.4) is 0 Å². The maximum Gasteiger partial charge on any atom is 0.214 e. The van der Waals surface area contributed by atoms with E-state index in [1.807, 2.05) is 60.7 Å². The SMILES string of the molecule is S=c1[nH]nc(-c2ccccc2)n1NCc1ccc(OCc2cccs2)cc1. The van der Waals surface area contributed by atoms with Crippen LogP contribution in [0.1, 0.15) is 10.4 Å². The van der Waals surface area contributed by atoms with E-state index in [2.05, 4.69) is 27.1 Å². The lowest BCUT2D eigenvalue weighted by molar-refractivity contribution is 0.310. The van der Waals surface area contributed by atoms with E-state index < -0.39 is 0 Å². The van der Waals surface area contributed by atoms with Crippen molar-refractivity contribution in [1.29, 1.82) is 0 Å². The summed E-state index contributed by atoms with van der Waals surface area (Å²) in [4.78, 5) is 1.21. The van der Waals surface area contributed by atoms with Crippen molar-refractivity contribution in [1.82, 2.24) is 14.9 Å². The fourth-order valence-electron chi connectivity index (χ4n) is 2.65. The van der Waals surface area contributed by atoms with Crippen molar-refractivity contribution < 1.29 is 4.74 Å². The fourth-order valence-corrected chi connectivity index (χ4v) is 3.46. The first-order chi connectivity index (χ1) is 13.3. The zero-order valence-electron chi connectivity index (χ0n) is 14.5. The zero-order chi connectivity index (χ0) is 18.5. The number of hydrogen-bond acceptors (Lipinski definition) is 5. The third-order valence-electron chi connectivity index (χ3n) is 4.03. The van der Waals surface area contributed by atoms with Gasteiger partial charge in [-0.25, -0.2) is 9.77 Å². The lowest BCUT2D eigenvalue weighted by atomic mass is 10.2. The number of H-pyrrole nitrogens is 1. The molecule has 2 aromatic heterocycles. The van der Waals surface area contributed by atoms with Crippen molar-refractivity contribution in [3.05, 3.63) is 87.3 Å². The predicted molar refractivity (Wildman–Crippen MR) is 111 cm³/mol. The molecule has 4 rings (SSSR count).